The van der Waals surface area contributed by atoms with Gasteiger partial charge in [0.05, 0.1) is 18.7 Å². The van der Waals surface area contributed by atoms with E-state index in [0.29, 0.717) is 40.7 Å². The number of aliphatic imine (C=N–C) groups is 1. The van der Waals surface area contributed by atoms with E-state index >= 15 is 0 Å². The van der Waals surface area contributed by atoms with E-state index in [2.05, 4.69) is 12.2 Å². The second-order valence-electron chi connectivity index (χ2n) is 9.46. The summed E-state index contributed by atoms with van der Waals surface area (Å²) in [7, 11) is 0. The summed E-state index contributed by atoms with van der Waals surface area (Å²) < 4.78 is 39.0. The Labute approximate surface area is 226 Å². The number of nitrogens with one attached hydrogen (secondary N) is 2. The number of hydrogen-bond donors (Lipinski definition) is 3. The summed E-state index contributed by atoms with van der Waals surface area (Å²) in [5.41, 5.74) is 10.4. The molecule has 1 atom stereocenters. The van der Waals surface area contributed by atoms with Gasteiger partial charge in [0.2, 0.25) is 0 Å². The van der Waals surface area contributed by atoms with E-state index in [4.69, 9.17) is 27.7 Å². The highest BCUT2D eigenvalue weighted by Crippen LogP contribution is 2.30. The van der Waals surface area contributed by atoms with Gasteiger partial charge in [-0.3, -0.25) is 15.3 Å². The minimum atomic E-state index is -4.48. The molecule has 2 aromatic carbocycles. The first-order valence-electron chi connectivity index (χ1n) is 12.6. The van der Waals surface area contributed by atoms with Crippen molar-refractivity contribution in [2.45, 2.75) is 52.1 Å². The first-order valence-corrected chi connectivity index (χ1v) is 13.0. The fourth-order valence-electron chi connectivity index (χ4n) is 4.23. The van der Waals surface area contributed by atoms with E-state index < -0.39 is 25.2 Å². The lowest BCUT2D eigenvalue weighted by molar-refractivity contribution is -0.135. The number of hydrogen-bond acceptors (Lipinski definition) is 4. The van der Waals surface area contributed by atoms with E-state index in [-0.39, 0.29) is 12.4 Å². The summed E-state index contributed by atoms with van der Waals surface area (Å²) in [6, 6.07) is 13.2. The Kier molecular flexibility index (Phi) is 9.96. The molecule has 0 aromatic heterocycles. The highest BCUT2D eigenvalue weighted by molar-refractivity contribution is 6.30. The molecule has 0 bridgehead atoms. The molecule has 0 spiro atoms. The molecule has 0 radical (unpaired) electrons. The number of amides is 2. The number of nitrogens with zero attached hydrogens (tertiary/aromatic N) is 2. The maximum atomic E-state index is 13.0. The number of aryl methyl sites for hydroxylation is 1. The van der Waals surface area contributed by atoms with Crippen LogP contribution in [0.1, 0.15) is 50.7 Å². The van der Waals surface area contributed by atoms with Crippen molar-refractivity contribution >= 4 is 34.9 Å². The first-order chi connectivity index (χ1) is 18.0. The fourth-order valence-corrected chi connectivity index (χ4v) is 4.42. The van der Waals surface area contributed by atoms with Crippen molar-refractivity contribution in [3.8, 4) is 0 Å². The number of benzene rings is 2. The lowest BCUT2D eigenvalue weighted by Gasteiger charge is -2.26. The first kappa shape index (κ1) is 29.2. The van der Waals surface area contributed by atoms with Crippen molar-refractivity contribution in [3.05, 3.63) is 76.0 Å². The van der Waals surface area contributed by atoms with Crippen LogP contribution in [-0.4, -0.2) is 41.7 Å². The molecular formula is C28H33ClF3N5O. The summed E-state index contributed by atoms with van der Waals surface area (Å²) in [5, 5.41) is 11.6. The molecule has 6 nitrogen and oxygen atoms in total. The highest BCUT2D eigenvalue weighted by Gasteiger charge is 2.31. The zero-order chi connectivity index (χ0) is 27.9. The molecule has 1 unspecified atom stereocenters. The topological polar surface area (TPSA) is 94.6 Å². The fraction of sp³-hybridized carbons (Fsp3) is 0.393. The third-order valence-electron chi connectivity index (χ3n) is 6.44. The van der Waals surface area contributed by atoms with E-state index in [1.165, 1.54) is 0 Å². The van der Waals surface area contributed by atoms with Crippen LogP contribution in [0.3, 0.4) is 0 Å². The van der Waals surface area contributed by atoms with Crippen molar-refractivity contribution < 1.29 is 18.0 Å². The van der Waals surface area contributed by atoms with Gasteiger partial charge in [-0.2, -0.15) is 13.2 Å². The van der Waals surface area contributed by atoms with Crippen molar-refractivity contribution in [3.63, 3.8) is 0 Å². The number of urea groups is 1. The van der Waals surface area contributed by atoms with Crippen LogP contribution >= 0.6 is 11.6 Å². The van der Waals surface area contributed by atoms with E-state index in [9.17, 15) is 18.0 Å². The molecule has 0 aliphatic heterocycles. The van der Waals surface area contributed by atoms with E-state index in [1.807, 2.05) is 13.0 Å². The van der Waals surface area contributed by atoms with Gasteiger partial charge >= 0.3 is 12.2 Å². The predicted molar refractivity (Wildman–Crippen MR) is 146 cm³/mol. The third kappa shape index (κ3) is 8.34. The monoisotopic (exact) mass is 547 g/mol. The Balaban J connectivity index is 1.80. The highest BCUT2D eigenvalue weighted by atomic mass is 35.5. The molecule has 1 aliphatic rings. The molecule has 1 aliphatic carbocycles. The zero-order valence-electron chi connectivity index (χ0n) is 21.5. The molecule has 4 N–H and O–H groups in total. The van der Waals surface area contributed by atoms with Crippen molar-refractivity contribution in [1.29, 1.82) is 5.41 Å². The van der Waals surface area contributed by atoms with Crippen LogP contribution in [0.15, 0.2) is 64.8 Å². The molecule has 38 heavy (non-hydrogen) atoms. The van der Waals surface area contributed by atoms with Gasteiger partial charge in [-0.15, -0.1) is 0 Å². The van der Waals surface area contributed by atoms with Crippen LogP contribution in [0.25, 0.3) is 0 Å². The van der Waals surface area contributed by atoms with Crippen LogP contribution in [0, 0.1) is 11.3 Å². The summed E-state index contributed by atoms with van der Waals surface area (Å²) in [6.07, 6.45) is -2.67. The summed E-state index contributed by atoms with van der Waals surface area (Å²) in [6.45, 7) is 3.33. The molecular weight excluding hydrogens is 515 g/mol. The van der Waals surface area contributed by atoms with Gasteiger partial charge in [-0.05, 0) is 60.9 Å². The second kappa shape index (κ2) is 13.0. The predicted octanol–water partition coefficient (Wildman–Crippen LogP) is 7.00. The quantitative estimate of drug-likeness (QED) is 0.257. The maximum Gasteiger partial charge on any atom is 0.390 e. The number of nitrogens with two attached hydrogens (primary N) is 1. The maximum absolute atomic E-state index is 13.0. The van der Waals surface area contributed by atoms with Crippen molar-refractivity contribution in [1.82, 2.24) is 10.2 Å². The molecule has 1 fully saturated rings. The Hall–Kier alpha value is -3.33. The van der Waals surface area contributed by atoms with Gasteiger partial charge in [0.25, 0.3) is 0 Å². The van der Waals surface area contributed by atoms with Gasteiger partial charge in [0, 0.05) is 28.5 Å². The van der Waals surface area contributed by atoms with Crippen LogP contribution in [0.4, 0.5) is 23.7 Å². The third-order valence-corrected chi connectivity index (χ3v) is 6.67. The van der Waals surface area contributed by atoms with Crippen LogP contribution in [0.5, 0.6) is 0 Å². The van der Waals surface area contributed by atoms with Crippen LogP contribution in [0.2, 0.25) is 5.02 Å². The molecule has 0 saturated heterocycles. The van der Waals surface area contributed by atoms with Gasteiger partial charge in [0.15, 0.2) is 0 Å². The van der Waals surface area contributed by atoms with Gasteiger partial charge < -0.3 is 11.1 Å². The molecule has 204 valence electrons. The SMILES string of the molecule is CCc1ccc(C(=N)N(CCC(F)(F)F)C(=O)NC/C(N)=C2\CCC(C)CC2=Nc2cccc(Cl)c2)cc1. The average Bonchev–Trinajstić information content (AvgIpc) is 2.86. The second-order valence-corrected chi connectivity index (χ2v) is 9.90. The smallest absolute Gasteiger partial charge is 0.390 e. The zero-order valence-corrected chi connectivity index (χ0v) is 22.3. The van der Waals surface area contributed by atoms with E-state index in [0.717, 1.165) is 34.6 Å². The molecule has 1 saturated carbocycles. The summed E-state index contributed by atoms with van der Waals surface area (Å²) in [5.74, 6) is 0.0897. The Morgan fingerprint density at radius 3 is 2.58 bits per heavy atom. The number of alkyl halides is 3. The largest absolute Gasteiger partial charge is 0.400 e. The summed E-state index contributed by atoms with van der Waals surface area (Å²) >= 11 is 6.10. The molecule has 2 aromatic rings. The molecule has 10 heteroatoms. The van der Waals surface area contributed by atoms with Crippen molar-refractivity contribution in [2.75, 3.05) is 13.1 Å². The molecule has 2 amide bonds. The van der Waals surface area contributed by atoms with Gasteiger partial charge in [-0.25, -0.2) is 4.79 Å². The minimum absolute atomic E-state index is 0.0817. The Morgan fingerprint density at radius 1 is 1.24 bits per heavy atom. The minimum Gasteiger partial charge on any atom is -0.400 e. The number of carbonyl (C=O) groups excluding carboxylic acids is 1. The number of allylic oxidation sites excluding steroid dienone is 1. The Bertz CT molecular complexity index is 1210. The number of halogens is 4. The normalized spacial score (nSPS) is 18.3. The Morgan fingerprint density at radius 2 is 1.95 bits per heavy atom. The number of amidine groups is 1. The molecule has 0 heterocycles. The van der Waals surface area contributed by atoms with E-state index in [1.54, 1.807) is 42.5 Å². The van der Waals surface area contributed by atoms with Crippen LogP contribution in [-0.2, 0) is 6.42 Å². The lowest BCUT2D eigenvalue weighted by Crippen LogP contribution is -2.46. The van der Waals surface area contributed by atoms with Crippen LogP contribution < -0.4 is 11.1 Å². The molecule has 3 rings (SSSR count). The van der Waals surface area contributed by atoms with Crippen molar-refractivity contribution in [2.24, 2.45) is 16.6 Å². The number of rotatable bonds is 7. The average molecular weight is 548 g/mol. The van der Waals surface area contributed by atoms with Gasteiger partial charge in [-0.1, -0.05) is 55.8 Å². The number of carbonyl (C=O) groups is 1. The summed E-state index contributed by atoms with van der Waals surface area (Å²) in [4.78, 5) is 18.6. The standard InChI is InChI=1S/C28H33ClF3N5O/c1-3-19-8-10-20(11-9-19)26(34)37(14-13-28(30,31)32)27(38)35-17-24(33)23-12-7-18(2)15-25(23)36-22-6-4-5-21(29)16-22/h4-6,8-11,16,18,34H,3,7,12-15,17,33H2,1-2H3,(H,35,38)/b24-23-,34-26?,36-25?. The lowest BCUT2D eigenvalue weighted by atomic mass is 9.84. The van der Waals surface area contributed by atoms with Gasteiger partial charge in [0.1, 0.15) is 5.84 Å².